The van der Waals surface area contributed by atoms with E-state index in [9.17, 15) is 28.5 Å². The van der Waals surface area contributed by atoms with E-state index in [4.69, 9.17) is 9.66 Å². The predicted molar refractivity (Wildman–Crippen MR) is 47.0 cm³/mol. The highest BCUT2D eigenvalue weighted by Crippen LogP contribution is 2.23. The molecular formula is C6H10O10S. The van der Waals surface area contributed by atoms with Crippen LogP contribution in [0, 0.1) is 0 Å². The van der Waals surface area contributed by atoms with Crippen molar-refractivity contribution in [3.05, 3.63) is 0 Å². The lowest BCUT2D eigenvalue weighted by Gasteiger charge is -2.37. The lowest BCUT2D eigenvalue weighted by molar-refractivity contribution is -0.274. The normalized spacial score (nSPS) is 38.9. The van der Waals surface area contributed by atoms with E-state index in [-0.39, 0.29) is 0 Å². The van der Waals surface area contributed by atoms with Crippen LogP contribution >= 0.6 is 0 Å². The minimum Gasteiger partial charge on any atom is -0.479 e. The maximum absolute atomic E-state index is 10.5. The van der Waals surface area contributed by atoms with E-state index < -0.39 is 47.1 Å². The second kappa shape index (κ2) is 4.81. The monoisotopic (exact) mass is 274 g/mol. The molecule has 0 radical (unpaired) electrons. The molecule has 11 heteroatoms. The number of aliphatic carboxylic acids is 1. The number of hydrogen-bond donors (Lipinski definition) is 5. The van der Waals surface area contributed by atoms with Crippen molar-refractivity contribution < 1.29 is 47.1 Å². The van der Waals surface area contributed by atoms with Gasteiger partial charge in [0.1, 0.15) is 12.2 Å². The molecule has 1 heterocycles. The summed E-state index contributed by atoms with van der Waals surface area (Å²) in [5.41, 5.74) is 0. The second-order valence-corrected chi connectivity index (χ2v) is 4.30. The van der Waals surface area contributed by atoms with Gasteiger partial charge in [-0.25, -0.2) is 8.98 Å². The molecule has 100 valence electrons. The van der Waals surface area contributed by atoms with Gasteiger partial charge in [0.05, 0.1) is 0 Å². The molecule has 0 spiro atoms. The van der Waals surface area contributed by atoms with E-state index >= 15 is 0 Å². The first-order chi connectivity index (χ1) is 7.63. The quantitative estimate of drug-likeness (QED) is 0.328. The van der Waals surface area contributed by atoms with Crippen molar-refractivity contribution in [1.29, 1.82) is 0 Å². The third kappa shape index (κ3) is 3.32. The molecule has 0 amide bonds. The van der Waals surface area contributed by atoms with Gasteiger partial charge in [0.15, 0.2) is 18.5 Å². The Hall–Kier alpha value is -0.820. The van der Waals surface area contributed by atoms with Crippen molar-refractivity contribution in [3.8, 4) is 0 Å². The molecule has 1 aliphatic rings. The molecule has 0 aromatic carbocycles. The molecule has 1 saturated heterocycles. The minimum atomic E-state index is -5.01. The average molecular weight is 274 g/mol. The Morgan fingerprint density at radius 1 is 1.18 bits per heavy atom. The van der Waals surface area contributed by atoms with Crippen molar-refractivity contribution in [3.63, 3.8) is 0 Å². The molecule has 5 N–H and O–H groups in total. The molecule has 0 aliphatic carbocycles. The second-order valence-electron chi connectivity index (χ2n) is 3.26. The highest BCUT2D eigenvalue weighted by molar-refractivity contribution is 7.80. The summed E-state index contributed by atoms with van der Waals surface area (Å²) in [6, 6.07) is 0. The van der Waals surface area contributed by atoms with Gasteiger partial charge in [-0.3, -0.25) is 4.55 Å². The zero-order valence-corrected chi connectivity index (χ0v) is 8.89. The molecule has 10 nitrogen and oxygen atoms in total. The molecule has 0 aromatic heterocycles. The fraction of sp³-hybridized carbons (Fsp3) is 0.833. The molecule has 1 rings (SSSR count). The Bertz CT molecular complexity index is 390. The summed E-state index contributed by atoms with van der Waals surface area (Å²) in [6.45, 7) is 0. The van der Waals surface area contributed by atoms with Crippen LogP contribution in [0.5, 0.6) is 0 Å². The molecule has 1 aliphatic heterocycles. The maximum Gasteiger partial charge on any atom is 0.397 e. The standard InChI is InChI=1S/C6H10O10S/c7-1-2(8)4(16-17(12,13)14)6(11)15-3(1)5(9)10/h1-4,6-8,11H,(H,9,10)(H,12,13,14)/t1-,2-,3-,4+,6-/m1/s1. The molecule has 17 heavy (non-hydrogen) atoms. The topological polar surface area (TPSA) is 171 Å². The van der Waals surface area contributed by atoms with Gasteiger partial charge in [0.2, 0.25) is 0 Å². The zero-order valence-electron chi connectivity index (χ0n) is 8.07. The Labute approximate surface area is 95.0 Å². The molecule has 5 atom stereocenters. The molecule has 0 saturated carbocycles. The summed E-state index contributed by atoms with van der Waals surface area (Å²) in [6.07, 6.45) is -10.2. The Balaban J connectivity index is 2.87. The van der Waals surface area contributed by atoms with Crippen molar-refractivity contribution in [1.82, 2.24) is 0 Å². The van der Waals surface area contributed by atoms with Crippen LogP contribution in [0.3, 0.4) is 0 Å². The zero-order chi connectivity index (χ0) is 13.4. The predicted octanol–water partition coefficient (Wildman–Crippen LogP) is -3.30. The molecule has 0 bridgehead atoms. The Kier molecular flexibility index (Phi) is 4.03. The number of ether oxygens (including phenoxy) is 1. The SMILES string of the molecule is O=C(O)[C@@H]1O[C@@H](O)[C@@H](OS(=O)(=O)O)[C@H](O)[C@H]1O. The van der Waals surface area contributed by atoms with Gasteiger partial charge < -0.3 is 25.2 Å². The Morgan fingerprint density at radius 3 is 2.12 bits per heavy atom. The molecular weight excluding hydrogens is 264 g/mol. The van der Waals surface area contributed by atoms with E-state index in [1.165, 1.54) is 0 Å². The van der Waals surface area contributed by atoms with Gasteiger partial charge in [-0.1, -0.05) is 0 Å². The lowest BCUT2D eigenvalue weighted by Crippen LogP contribution is -2.60. The van der Waals surface area contributed by atoms with Crippen LogP contribution in [0.15, 0.2) is 0 Å². The first kappa shape index (κ1) is 14.2. The van der Waals surface area contributed by atoms with Crippen LogP contribution in [-0.4, -0.2) is 70.1 Å². The lowest BCUT2D eigenvalue weighted by atomic mass is 9.99. The highest BCUT2D eigenvalue weighted by Gasteiger charge is 2.49. The van der Waals surface area contributed by atoms with Gasteiger partial charge in [-0.05, 0) is 0 Å². The highest BCUT2D eigenvalue weighted by atomic mass is 32.3. The van der Waals surface area contributed by atoms with Gasteiger partial charge in [0.25, 0.3) is 0 Å². The summed E-state index contributed by atoms with van der Waals surface area (Å²) >= 11 is 0. The van der Waals surface area contributed by atoms with Gasteiger partial charge in [-0.2, -0.15) is 8.42 Å². The van der Waals surface area contributed by atoms with Gasteiger partial charge in [-0.15, -0.1) is 0 Å². The van der Waals surface area contributed by atoms with Crippen molar-refractivity contribution >= 4 is 16.4 Å². The van der Waals surface area contributed by atoms with E-state index in [0.29, 0.717) is 0 Å². The summed E-state index contributed by atoms with van der Waals surface area (Å²) in [5.74, 6) is -1.67. The summed E-state index contributed by atoms with van der Waals surface area (Å²) < 4.78 is 37.3. The number of aliphatic hydroxyl groups excluding tert-OH is 3. The third-order valence-electron chi connectivity index (χ3n) is 2.04. The fourth-order valence-electron chi connectivity index (χ4n) is 1.30. The van der Waals surface area contributed by atoms with E-state index in [1.54, 1.807) is 0 Å². The van der Waals surface area contributed by atoms with Crippen LogP contribution in [0.25, 0.3) is 0 Å². The maximum atomic E-state index is 10.5. The summed E-state index contributed by atoms with van der Waals surface area (Å²) in [4.78, 5) is 10.5. The van der Waals surface area contributed by atoms with Gasteiger partial charge in [0, 0.05) is 0 Å². The molecule has 0 unspecified atom stereocenters. The molecule has 0 aromatic rings. The average Bonchev–Trinajstić information content (AvgIpc) is 2.16. The van der Waals surface area contributed by atoms with Crippen LogP contribution in [0.4, 0.5) is 0 Å². The fourth-order valence-corrected chi connectivity index (χ4v) is 1.79. The van der Waals surface area contributed by atoms with Crippen molar-refractivity contribution in [2.24, 2.45) is 0 Å². The smallest absolute Gasteiger partial charge is 0.397 e. The van der Waals surface area contributed by atoms with Crippen LogP contribution < -0.4 is 0 Å². The van der Waals surface area contributed by atoms with E-state index in [2.05, 4.69) is 8.92 Å². The third-order valence-corrected chi connectivity index (χ3v) is 2.51. The van der Waals surface area contributed by atoms with Crippen molar-refractivity contribution in [2.45, 2.75) is 30.7 Å². The number of rotatable bonds is 3. The first-order valence-electron chi connectivity index (χ1n) is 4.21. The largest absolute Gasteiger partial charge is 0.479 e. The van der Waals surface area contributed by atoms with Gasteiger partial charge >= 0.3 is 16.4 Å². The first-order valence-corrected chi connectivity index (χ1v) is 5.58. The number of carbonyl (C=O) groups is 1. The van der Waals surface area contributed by atoms with Crippen LogP contribution in [0.1, 0.15) is 0 Å². The number of aliphatic hydroxyl groups is 3. The molecule has 1 fully saturated rings. The number of hydrogen-bond acceptors (Lipinski definition) is 8. The van der Waals surface area contributed by atoms with Crippen LogP contribution in [-0.2, 0) is 24.1 Å². The number of carboxylic acids is 1. The minimum absolute atomic E-state index is 1.67. The number of carboxylic acid groups (broad SMARTS) is 1. The van der Waals surface area contributed by atoms with E-state index in [1.807, 2.05) is 0 Å². The van der Waals surface area contributed by atoms with Crippen LogP contribution in [0.2, 0.25) is 0 Å². The van der Waals surface area contributed by atoms with Crippen molar-refractivity contribution in [2.75, 3.05) is 0 Å². The summed E-state index contributed by atoms with van der Waals surface area (Å²) in [5, 5.41) is 36.3. The summed E-state index contributed by atoms with van der Waals surface area (Å²) in [7, 11) is -5.01. The Morgan fingerprint density at radius 2 is 1.71 bits per heavy atom. The van der Waals surface area contributed by atoms with E-state index in [0.717, 1.165) is 0 Å².